The third-order valence-corrected chi connectivity index (χ3v) is 4.52. The number of carboxylic acids is 1. The van der Waals surface area contributed by atoms with Crippen LogP contribution in [0.2, 0.25) is 0 Å². The molecule has 0 saturated carbocycles. The molecule has 2 rings (SSSR count). The summed E-state index contributed by atoms with van der Waals surface area (Å²) in [6.45, 7) is 4.22. The van der Waals surface area contributed by atoms with E-state index in [1.54, 1.807) is 18.9 Å². The molecule has 6 heteroatoms. The molecule has 2 saturated heterocycles. The number of amides is 2. The van der Waals surface area contributed by atoms with Crippen molar-refractivity contribution in [3.63, 3.8) is 0 Å². The number of rotatable bonds is 3. The summed E-state index contributed by atoms with van der Waals surface area (Å²) in [5.74, 6) is -0.551. The third kappa shape index (κ3) is 2.75. The maximum atomic E-state index is 12.6. The first kappa shape index (κ1) is 15.1. The zero-order valence-corrected chi connectivity index (χ0v) is 12.3. The minimum absolute atomic E-state index is 0.131. The predicted octanol–water partition coefficient (Wildman–Crippen LogP) is 1.40. The minimum Gasteiger partial charge on any atom is -0.480 e. The SMILES string of the molecule is COCC1CCCN(C(=O)N2CCCC2(C)C(=O)O)C1. The second-order valence-electron chi connectivity index (χ2n) is 6.03. The van der Waals surface area contributed by atoms with E-state index in [2.05, 4.69) is 0 Å². The van der Waals surface area contributed by atoms with Crippen molar-refractivity contribution in [2.24, 2.45) is 5.92 Å². The summed E-state index contributed by atoms with van der Waals surface area (Å²) in [4.78, 5) is 27.4. The Morgan fingerprint density at radius 2 is 2.10 bits per heavy atom. The Labute approximate surface area is 119 Å². The minimum atomic E-state index is -1.05. The van der Waals surface area contributed by atoms with Gasteiger partial charge in [-0.1, -0.05) is 0 Å². The molecule has 20 heavy (non-hydrogen) atoms. The smallest absolute Gasteiger partial charge is 0.329 e. The Kier molecular flexibility index (Phi) is 4.52. The fourth-order valence-electron chi connectivity index (χ4n) is 3.27. The normalized spacial score (nSPS) is 30.6. The molecular formula is C14H24N2O4. The first-order chi connectivity index (χ1) is 9.49. The zero-order valence-electron chi connectivity index (χ0n) is 12.3. The van der Waals surface area contributed by atoms with E-state index >= 15 is 0 Å². The average molecular weight is 284 g/mol. The van der Waals surface area contributed by atoms with Gasteiger partial charge in [0.2, 0.25) is 0 Å². The molecule has 2 amide bonds. The van der Waals surface area contributed by atoms with E-state index in [1.165, 1.54) is 4.90 Å². The molecule has 2 atom stereocenters. The number of aliphatic carboxylic acids is 1. The van der Waals surface area contributed by atoms with Gasteiger partial charge in [-0.2, -0.15) is 0 Å². The lowest BCUT2D eigenvalue weighted by Gasteiger charge is -2.39. The molecule has 2 aliphatic heterocycles. The first-order valence-electron chi connectivity index (χ1n) is 7.28. The molecule has 0 aromatic heterocycles. The van der Waals surface area contributed by atoms with Gasteiger partial charge in [0, 0.05) is 32.7 Å². The van der Waals surface area contributed by atoms with Crippen LogP contribution in [-0.4, -0.2) is 65.8 Å². The highest BCUT2D eigenvalue weighted by atomic mass is 16.5. The summed E-state index contributed by atoms with van der Waals surface area (Å²) < 4.78 is 5.17. The molecule has 0 spiro atoms. The molecule has 114 valence electrons. The molecule has 2 fully saturated rings. The van der Waals surface area contributed by atoms with Crippen molar-refractivity contribution in [2.75, 3.05) is 33.4 Å². The van der Waals surface area contributed by atoms with Gasteiger partial charge in [-0.25, -0.2) is 9.59 Å². The highest BCUT2D eigenvalue weighted by Crippen LogP contribution is 2.31. The number of hydrogen-bond acceptors (Lipinski definition) is 3. The van der Waals surface area contributed by atoms with Gasteiger partial charge in [0.1, 0.15) is 5.54 Å². The Hall–Kier alpha value is -1.30. The Morgan fingerprint density at radius 3 is 2.75 bits per heavy atom. The molecule has 2 heterocycles. The molecular weight excluding hydrogens is 260 g/mol. The number of urea groups is 1. The van der Waals surface area contributed by atoms with Crippen molar-refractivity contribution in [3.8, 4) is 0 Å². The number of piperidine rings is 1. The van der Waals surface area contributed by atoms with Gasteiger partial charge < -0.3 is 19.6 Å². The van der Waals surface area contributed by atoms with E-state index in [0.717, 1.165) is 19.3 Å². The molecule has 0 aliphatic carbocycles. The number of ether oxygens (including phenoxy) is 1. The number of likely N-dealkylation sites (tertiary alicyclic amines) is 2. The topological polar surface area (TPSA) is 70.1 Å². The van der Waals surface area contributed by atoms with Crippen LogP contribution in [0.5, 0.6) is 0 Å². The van der Waals surface area contributed by atoms with Crippen LogP contribution in [0.1, 0.15) is 32.6 Å². The van der Waals surface area contributed by atoms with Gasteiger partial charge in [0.05, 0.1) is 6.61 Å². The van der Waals surface area contributed by atoms with Crippen molar-refractivity contribution in [1.29, 1.82) is 0 Å². The van der Waals surface area contributed by atoms with Crippen molar-refractivity contribution >= 4 is 12.0 Å². The third-order valence-electron chi connectivity index (χ3n) is 4.52. The molecule has 1 N–H and O–H groups in total. The van der Waals surface area contributed by atoms with Gasteiger partial charge in [0.15, 0.2) is 0 Å². The quantitative estimate of drug-likeness (QED) is 0.850. The van der Waals surface area contributed by atoms with E-state index in [4.69, 9.17) is 4.74 Å². The second-order valence-corrected chi connectivity index (χ2v) is 6.03. The monoisotopic (exact) mass is 284 g/mol. The van der Waals surface area contributed by atoms with Crippen LogP contribution in [0.15, 0.2) is 0 Å². The van der Waals surface area contributed by atoms with Crippen LogP contribution in [0.3, 0.4) is 0 Å². The predicted molar refractivity (Wildman–Crippen MR) is 73.5 cm³/mol. The molecule has 0 bridgehead atoms. The number of methoxy groups -OCH3 is 1. The van der Waals surface area contributed by atoms with Gasteiger partial charge in [-0.05, 0) is 32.6 Å². The van der Waals surface area contributed by atoms with Gasteiger partial charge in [-0.15, -0.1) is 0 Å². The summed E-state index contributed by atoms with van der Waals surface area (Å²) in [5.41, 5.74) is -1.05. The van der Waals surface area contributed by atoms with Crippen LogP contribution in [0.4, 0.5) is 4.79 Å². The van der Waals surface area contributed by atoms with Crippen LogP contribution in [-0.2, 0) is 9.53 Å². The number of hydrogen-bond donors (Lipinski definition) is 1. The lowest BCUT2D eigenvalue weighted by atomic mass is 9.98. The number of nitrogens with zero attached hydrogens (tertiary/aromatic N) is 2. The van der Waals surface area contributed by atoms with E-state index in [0.29, 0.717) is 38.6 Å². The molecule has 0 radical (unpaired) electrons. The second kappa shape index (κ2) is 5.99. The number of carboxylic acid groups (broad SMARTS) is 1. The molecule has 0 aromatic rings. The van der Waals surface area contributed by atoms with Crippen LogP contribution >= 0.6 is 0 Å². The number of carbonyl (C=O) groups is 2. The van der Waals surface area contributed by atoms with Crippen molar-refractivity contribution in [2.45, 2.75) is 38.1 Å². The Balaban J connectivity index is 2.05. The molecule has 2 unspecified atom stereocenters. The average Bonchev–Trinajstić information content (AvgIpc) is 2.82. The van der Waals surface area contributed by atoms with Gasteiger partial charge in [-0.3, -0.25) is 0 Å². The maximum absolute atomic E-state index is 12.6. The zero-order chi connectivity index (χ0) is 14.8. The summed E-state index contributed by atoms with van der Waals surface area (Å²) in [6, 6.07) is -0.131. The van der Waals surface area contributed by atoms with Gasteiger partial charge in [0.25, 0.3) is 0 Å². The fourth-order valence-corrected chi connectivity index (χ4v) is 3.27. The van der Waals surface area contributed by atoms with E-state index in [1.807, 2.05) is 0 Å². The van der Waals surface area contributed by atoms with Crippen molar-refractivity contribution < 1.29 is 19.4 Å². The van der Waals surface area contributed by atoms with Crippen LogP contribution in [0, 0.1) is 5.92 Å². The van der Waals surface area contributed by atoms with E-state index in [-0.39, 0.29) is 6.03 Å². The lowest BCUT2D eigenvalue weighted by molar-refractivity contribution is -0.147. The fraction of sp³-hybridized carbons (Fsp3) is 0.857. The first-order valence-corrected chi connectivity index (χ1v) is 7.28. The lowest BCUT2D eigenvalue weighted by Crippen LogP contribution is -2.56. The largest absolute Gasteiger partial charge is 0.480 e. The summed E-state index contributed by atoms with van der Waals surface area (Å²) >= 11 is 0. The van der Waals surface area contributed by atoms with Gasteiger partial charge >= 0.3 is 12.0 Å². The highest BCUT2D eigenvalue weighted by Gasteiger charge is 2.47. The van der Waals surface area contributed by atoms with Crippen molar-refractivity contribution in [1.82, 2.24) is 9.80 Å². The van der Waals surface area contributed by atoms with E-state index < -0.39 is 11.5 Å². The van der Waals surface area contributed by atoms with Crippen LogP contribution < -0.4 is 0 Å². The molecule has 0 aromatic carbocycles. The van der Waals surface area contributed by atoms with E-state index in [9.17, 15) is 14.7 Å². The van der Waals surface area contributed by atoms with Crippen LogP contribution in [0.25, 0.3) is 0 Å². The summed E-state index contributed by atoms with van der Waals surface area (Å²) in [5, 5.41) is 9.39. The van der Waals surface area contributed by atoms with Crippen molar-refractivity contribution in [3.05, 3.63) is 0 Å². The summed E-state index contributed by atoms with van der Waals surface area (Å²) in [7, 11) is 1.67. The highest BCUT2D eigenvalue weighted by molar-refractivity contribution is 5.86. The maximum Gasteiger partial charge on any atom is 0.329 e. The Morgan fingerprint density at radius 1 is 1.35 bits per heavy atom. The summed E-state index contributed by atoms with van der Waals surface area (Å²) in [6.07, 6.45) is 3.30. The number of carbonyl (C=O) groups excluding carboxylic acids is 1. The standard InChI is InChI=1S/C14H24N2O4/c1-14(12(17)18)6-4-8-16(14)13(19)15-7-3-5-11(9-15)10-20-2/h11H,3-10H2,1-2H3,(H,17,18). The molecule has 2 aliphatic rings. The Bertz CT molecular complexity index is 385. The molecule has 6 nitrogen and oxygen atoms in total.